The Kier molecular flexibility index (Phi) is 3.06. The molecule has 1 N–H and O–H groups in total. The molecule has 0 atom stereocenters. The van der Waals surface area contributed by atoms with Gasteiger partial charge < -0.3 is 5.11 Å². The molecule has 0 fully saturated rings. The highest BCUT2D eigenvalue weighted by molar-refractivity contribution is 7.17. The summed E-state index contributed by atoms with van der Waals surface area (Å²) in [7, 11) is 0. The van der Waals surface area contributed by atoms with Crippen LogP contribution in [-0.2, 0) is 6.42 Å². The van der Waals surface area contributed by atoms with E-state index in [1.807, 2.05) is 43.3 Å². The third kappa shape index (κ3) is 1.99. The molecule has 82 valence electrons. The van der Waals surface area contributed by atoms with Crippen LogP contribution in [0.5, 0.6) is 0 Å². The van der Waals surface area contributed by atoms with Crippen molar-refractivity contribution in [1.82, 2.24) is 0 Å². The van der Waals surface area contributed by atoms with Crippen molar-refractivity contribution in [2.45, 2.75) is 13.3 Å². The van der Waals surface area contributed by atoms with E-state index in [1.165, 1.54) is 11.3 Å². The van der Waals surface area contributed by atoms with E-state index < -0.39 is 5.97 Å². The second-order valence-corrected chi connectivity index (χ2v) is 4.54. The Labute approximate surface area is 98.2 Å². The summed E-state index contributed by atoms with van der Waals surface area (Å²) < 4.78 is 0. The average molecular weight is 232 g/mol. The van der Waals surface area contributed by atoms with E-state index in [1.54, 1.807) is 0 Å². The number of carboxylic acid groups (broad SMARTS) is 1. The van der Waals surface area contributed by atoms with Gasteiger partial charge in [-0.05, 0) is 23.6 Å². The summed E-state index contributed by atoms with van der Waals surface area (Å²) >= 11 is 1.35. The zero-order chi connectivity index (χ0) is 11.5. The summed E-state index contributed by atoms with van der Waals surface area (Å²) in [6, 6.07) is 11.8. The van der Waals surface area contributed by atoms with Crippen LogP contribution in [0.25, 0.3) is 10.4 Å². The van der Waals surface area contributed by atoms with Gasteiger partial charge in [-0.3, -0.25) is 0 Å². The Morgan fingerprint density at radius 2 is 2.00 bits per heavy atom. The second kappa shape index (κ2) is 4.49. The minimum atomic E-state index is -0.830. The van der Waals surface area contributed by atoms with Gasteiger partial charge in [0.2, 0.25) is 0 Å². The van der Waals surface area contributed by atoms with Crippen molar-refractivity contribution in [3.8, 4) is 10.4 Å². The first kappa shape index (κ1) is 10.9. The number of aromatic carboxylic acids is 1. The van der Waals surface area contributed by atoms with Gasteiger partial charge in [0, 0.05) is 4.88 Å². The SMILES string of the molecule is CCc1cc(-c2ccccc2)sc1C(=O)O. The molecule has 0 unspecified atom stereocenters. The van der Waals surface area contributed by atoms with Crippen molar-refractivity contribution in [1.29, 1.82) is 0 Å². The maximum atomic E-state index is 11.0. The Morgan fingerprint density at radius 3 is 2.50 bits per heavy atom. The minimum absolute atomic E-state index is 0.460. The molecule has 0 aliphatic heterocycles. The van der Waals surface area contributed by atoms with Crippen LogP contribution in [-0.4, -0.2) is 11.1 Å². The molecule has 0 spiro atoms. The van der Waals surface area contributed by atoms with Crippen LogP contribution in [0, 0.1) is 0 Å². The van der Waals surface area contributed by atoms with Crippen LogP contribution >= 0.6 is 11.3 Å². The lowest BCUT2D eigenvalue weighted by Crippen LogP contribution is -1.95. The normalized spacial score (nSPS) is 10.3. The van der Waals surface area contributed by atoms with E-state index in [0.717, 1.165) is 22.4 Å². The van der Waals surface area contributed by atoms with Gasteiger partial charge in [0.25, 0.3) is 0 Å². The van der Waals surface area contributed by atoms with Crippen LogP contribution in [0.3, 0.4) is 0 Å². The van der Waals surface area contributed by atoms with E-state index in [0.29, 0.717) is 4.88 Å². The van der Waals surface area contributed by atoms with Crippen LogP contribution in [0.2, 0.25) is 0 Å². The van der Waals surface area contributed by atoms with Crippen molar-refractivity contribution < 1.29 is 9.90 Å². The summed E-state index contributed by atoms with van der Waals surface area (Å²) in [5.41, 5.74) is 1.99. The van der Waals surface area contributed by atoms with Gasteiger partial charge in [-0.2, -0.15) is 0 Å². The zero-order valence-corrected chi connectivity index (χ0v) is 9.75. The fourth-order valence-electron chi connectivity index (χ4n) is 1.62. The number of benzene rings is 1. The zero-order valence-electron chi connectivity index (χ0n) is 8.93. The summed E-state index contributed by atoms with van der Waals surface area (Å²) in [5.74, 6) is -0.830. The topological polar surface area (TPSA) is 37.3 Å². The molecule has 0 aliphatic carbocycles. The number of hydrogen-bond acceptors (Lipinski definition) is 2. The van der Waals surface area contributed by atoms with Gasteiger partial charge in [0.1, 0.15) is 4.88 Å². The predicted octanol–water partition coefficient (Wildman–Crippen LogP) is 3.68. The third-order valence-electron chi connectivity index (χ3n) is 2.44. The van der Waals surface area contributed by atoms with Gasteiger partial charge in [-0.1, -0.05) is 37.3 Å². The molecule has 0 radical (unpaired) electrons. The Balaban J connectivity index is 2.48. The molecule has 1 aromatic carbocycles. The highest BCUT2D eigenvalue weighted by Crippen LogP contribution is 2.31. The Morgan fingerprint density at radius 1 is 1.31 bits per heavy atom. The average Bonchev–Trinajstić information content (AvgIpc) is 2.74. The van der Waals surface area contributed by atoms with E-state index >= 15 is 0 Å². The quantitative estimate of drug-likeness (QED) is 0.876. The summed E-state index contributed by atoms with van der Waals surface area (Å²) in [6.07, 6.45) is 0.755. The van der Waals surface area contributed by atoms with Crippen molar-refractivity contribution in [3.05, 3.63) is 46.8 Å². The van der Waals surface area contributed by atoms with E-state index in [4.69, 9.17) is 5.11 Å². The second-order valence-electron chi connectivity index (χ2n) is 3.49. The lowest BCUT2D eigenvalue weighted by atomic mass is 10.1. The van der Waals surface area contributed by atoms with Crippen LogP contribution < -0.4 is 0 Å². The molecular weight excluding hydrogens is 220 g/mol. The molecule has 0 saturated heterocycles. The van der Waals surface area contributed by atoms with Gasteiger partial charge in [0.05, 0.1) is 0 Å². The summed E-state index contributed by atoms with van der Waals surface area (Å²) in [4.78, 5) is 12.5. The number of carboxylic acids is 1. The molecule has 1 heterocycles. The Bertz CT molecular complexity index is 500. The summed E-state index contributed by atoms with van der Waals surface area (Å²) in [5, 5.41) is 9.07. The van der Waals surface area contributed by atoms with E-state index in [-0.39, 0.29) is 0 Å². The van der Waals surface area contributed by atoms with Crippen LogP contribution in [0.4, 0.5) is 0 Å². The van der Waals surface area contributed by atoms with Crippen molar-refractivity contribution in [2.75, 3.05) is 0 Å². The standard InChI is InChI=1S/C13H12O2S/c1-2-9-8-11(16-12(9)13(14)15)10-6-4-3-5-7-10/h3-8H,2H2,1H3,(H,14,15). The number of rotatable bonds is 3. The Hall–Kier alpha value is -1.61. The van der Waals surface area contributed by atoms with Crippen molar-refractivity contribution in [2.24, 2.45) is 0 Å². The maximum Gasteiger partial charge on any atom is 0.346 e. The summed E-state index contributed by atoms with van der Waals surface area (Å²) in [6.45, 7) is 1.98. The van der Waals surface area contributed by atoms with Gasteiger partial charge in [-0.15, -0.1) is 11.3 Å². The first-order valence-corrected chi connectivity index (χ1v) is 5.95. The van der Waals surface area contributed by atoms with E-state index in [2.05, 4.69) is 0 Å². The molecule has 3 heteroatoms. The highest BCUT2D eigenvalue weighted by Gasteiger charge is 2.14. The largest absolute Gasteiger partial charge is 0.477 e. The smallest absolute Gasteiger partial charge is 0.346 e. The number of hydrogen-bond donors (Lipinski definition) is 1. The van der Waals surface area contributed by atoms with Crippen molar-refractivity contribution >= 4 is 17.3 Å². The minimum Gasteiger partial charge on any atom is -0.477 e. The number of thiophene rings is 1. The van der Waals surface area contributed by atoms with Crippen LogP contribution in [0.15, 0.2) is 36.4 Å². The third-order valence-corrected chi connectivity index (χ3v) is 3.66. The molecule has 0 saturated carbocycles. The molecule has 16 heavy (non-hydrogen) atoms. The molecule has 2 nitrogen and oxygen atoms in total. The van der Waals surface area contributed by atoms with E-state index in [9.17, 15) is 4.79 Å². The molecule has 0 bridgehead atoms. The van der Waals surface area contributed by atoms with Gasteiger partial charge in [0.15, 0.2) is 0 Å². The first-order valence-electron chi connectivity index (χ1n) is 5.13. The van der Waals surface area contributed by atoms with Crippen molar-refractivity contribution in [3.63, 3.8) is 0 Å². The molecule has 0 amide bonds. The van der Waals surface area contributed by atoms with Gasteiger partial charge in [-0.25, -0.2) is 4.79 Å². The predicted molar refractivity (Wildman–Crippen MR) is 66.1 cm³/mol. The lowest BCUT2D eigenvalue weighted by Gasteiger charge is -1.94. The molecular formula is C13H12O2S. The molecule has 0 aliphatic rings. The monoisotopic (exact) mass is 232 g/mol. The molecule has 1 aromatic heterocycles. The number of aryl methyl sites for hydroxylation is 1. The fourth-order valence-corrected chi connectivity index (χ4v) is 2.71. The molecule has 2 aromatic rings. The first-order chi connectivity index (χ1) is 7.72. The highest BCUT2D eigenvalue weighted by atomic mass is 32.1. The molecule has 2 rings (SSSR count). The fraction of sp³-hybridized carbons (Fsp3) is 0.154. The van der Waals surface area contributed by atoms with Crippen LogP contribution in [0.1, 0.15) is 22.2 Å². The lowest BCUT2D eigenvalue weighted by molar-refractivity contribution is 0.0701. The number of carbonyl (C=O) groups is 1. The van der Waals surface area contributed by atoms with Gasteiger partial charge >= 0.3 is 5.97 Å². The maximum absolute atomic E-state index is 11.0.